The molecule has 1 aromatic carbocycles. The SMILES string of the molecule is CCc1ccc(C(=O)N(CC)CC(=O)c2c(C)c(C(=O)OC)n(CC)c2C)cc1. The van der Waals surface area contributed by atoms with Gasteiger partial charge in [0.2, 0.25) is 0 Å². The molecule has 156 valence electrons. The molecule has 6 heteroatoms. The fourth-order valence-corrected chi connectivity index (χ4v) is 3.71. The maximum atomic E-state index is 13.1. The molecule has 0 aliphatic heterocycles. The van der Waals surface area contributed by atoms with Crippen LogP contribution in [-0.2, 0) is 17.7 Å². The van der Waals surface area contributed by atoms with Crippen molar-refractivity contribution < 1.29 is 19.1 Å². The van der Waals surface area contributed by atoms with Crippen LogP contribution in [0.25, 0.3) is 0 Å². The number of ketones is 1. The van der Waals surface area contributed by atoms with Crippen molar-refractivity contribution in [3.63, 3.8) is 0 Å². The van der Waals surface area contributed by atoms with E-state index >= 15 is 0 Å². The molecule has 0 bridgehead atoms. The molecular weight excluding hydrogens is 368 g/mol. The fourth-order valence-electron chi connectivity index (χ4n) is 3.71. The molecule has 0 aliphatic rings. The second-order valence-electron chi connectivity index (χ2n) is 6.96. The Bertz CT molecular complexity index is 910. The molecule has 1 heterocycles. The molecule has 29 heavy (non-hydrogen) atoms. The summed E-state index contributed by atoms with van der Waals surface area (Å²) in [7, 11) is 1.33. The van der Waals surface area contributed by atoms with Gasteiger partial charge >= 0.3 is 5.97 Å². The molecule has 0 saturated carbocycles. The van der Waals surface area contributed by atoms with E-state index in [0.29, 0.717) is 41.2 Å². The van der Waals surface area contributed by atoms with Gasteiger partial charge < -0.3 is 14.2 Å². The van der Waals surface area contributed by atoms with Crippen LogP contribution in [0.3, 0.4) is 0 Å². The highest BCUT2D eigenvalue weighted by Gasteiger charge is 2.28. The number of methoxy groups -OCH3 is 1. The molecule has 0 atom stereocenters. The highest BCUT2D eigenvalue weighted by atomic mass is 16.5. The van der Waals surface area contributed by atoms with Gasteiger partial charge in [0, 0.05) is 29.9 Å². The summed E-state index contributed by atoms with van der Waals surface area (Å²) in [5.41, 5.74) is 3.90. The first-order chi connectivity index (χ1) is 13.8. The van der Waals surface area contributed by atoms with Crippen LogP contribution in [0.4, 0.5) is 0 Å². The van der Waals surface area contributed by atoms with Gasteiger partial charge in [-0.1, -0.05) is 19.1 Å². The first kappa shape index (κ1) is 22.4. The Morgan fingerprint density at radius 3 is 2.14 bits per heavy atom. The lowest BCUT2D eigenvalue weighted by Crippen LogP contribution is -2.35. The van der Waals surface area contributed by atoms with E-state index in [9.17, 15) is 14.4 Å². The van der Waals surface area contributed by atoms with Crippen LogP contribution >= 0.6 is 0 Å². The van der Waals surface area contributed by atoms with Crippen molar-refractivity contribution in [3.8, 4) is 0 Å². The number of esters is 1. The number of hydrogen-bond acceptors (Lipinski definition) is 4. The molecule has 0 radical (unpaired) electrons. The van der Waals surface area contributed by atoms with Gasteiger partial charge in [-0.25, -0.2) is 4.79 Å². The molecule has 0 aliphatic carbocycles. The van der Waals surface area contributed by atoms with E-state index < -0.39 is 5.97 Å². The molecule has 0 spiro atoms. The number of likely N-dealkylation sites (N-methyl/N-ethyl adjacent to an activating group) is 1. The minimum absolute atomic E-state index is 0.0408. The van der Waals surface area contributed by atoms with Crippen molar-refractivity contribution in [2.75, 3.05) is 20.2 Å². The molecule has 6 nitrogen and oxygen atoms in total. The number of carbonyl (C=O) groups is 3. The quantitative estimate of drug-likeness (QED) is 0.501. The summed E-state index contributed by atoms with van der Waals surface area (Å²) in [6.07, 6.45) is 0.903. The Morgan fingerprint density at radius 2 is 1.66 bits per heavy atom. The number of benzene rings is 1. The average Bonchev–Trinajstić information content (AvgIpc) is 3.00. The zero-order valence-corrected chi connectivity index (χ0v) is 18.2. The van der Waals surface area contributed by atoms with Crippen molar-refractivity contribution in [1.82, 2.24) is 9.47 Å². The first-order valence-electron chi connectivity index (χ1n) is 9.99. The van der Waals surface area contributed by atoms with Gasteiger partial charge in [-0.15, -0.1) is 0 Å². The van der Waals surface area contributed by atoms with Gasteiger partial charge in [0.25, 0.3) is 5.91 Å². The van der Waals surface area contributed by atoms with E-state index in [1.54, 1.807) is 23.6 Å². The molecule has 1 aromatic heterocycles. The van der Waals surface area contributed by atoms with Gasteiger partial charge in [0.05, 0.1) is 13.7 Å². The van der Waals surface area contributed by atoms with E-state index in [2.05, 4.69) is 6.92 Å². The van der Waals surface area contributed by atoms with Crippen molar-refractivity contribution in [2.45, 2.75) is 47.6 Å². The maximum absolute atomic E-state index is 13.1. The molecule has 2 aromatic rings. The van der Waals surface area contributed by atoms with Crippen LogP contribution in [0.2, 0.25) is 0 Å². The number of aryl methyl sites for hydroxylation is 1. The molecule has 0 saturated heterocycles. The monoisotopic (exact) mass is 398 g/mol. The number of rotatable bonds is 8. The topological polar surface area (TPSA) is 68.6 Å². The number of nitrogens with zero attached hydrogens (tertiary/aromatic N) is 2. The lowest BCUT2D eigenvalue weighted by Gasteiger charge is -2.20. The van der Waals surface area contributed by atoms with E-state index in [1.807, 2.05) is 32.9 Å². The number of aromatic nitrogens is 1. The van der Waals surface area contributed by atoms with Crippen LogP contribution in [-0.4, -0.2) is 47.3 Å². The third-order valence-corrected chi connectivity index (χ3v) is 5.35. The molecule has 1 amide bonds. The summed E-state index contributed by atoms with van der Waals surface area (Å²) in [5, 5.41) is 0. The highest BCUT2D eigenvalue weighted by Crippen LogP contribution is 2.24. The molecule has 0 N–H and O–H groups in total. The third kappa shape index (κ3) is 4.42. The van der Waals surface area contributed by atoms with Crippen LogP contribution < -0.4 is 0 Å². The number of hydrogen-bond donors (Lipinski definition) is 0. The van der Waals surface area contributed by atoms with Gasteiger partial charge in [0.1, 0.15) is 5.69 Å². The lowest BCUT2D eigenvalue weighted by molar-refractivity contribution is 0.0587. The Morgan fingerprint density at radius 1 is 1.03 bits per heavy atom. The molecule has 0 fully saturated rings. The van der Waals surface area contributed by atoms with Gasteiger partial charge in [-0.2, -0.15) is 0 Å². The second kappa shape index (κ2) is 9.54. The van der Waals surface area contributed by atoms with Crippen molar-refractivity contribution in [1.29, 1.82) is 0 Å². The Kier molecular flexibility index (Phi) is 7.37. The Labute approximate surface area is 172 Å². The predicted molar refractivity (Wildman–Crippen MR) is 113 cm³/mol. The van der Waals surface area contributed by atoms with E-state index in [-0.39, 0.29) is 18.2 Å². The zero-order valence-electron chi connectivity index (χ0n) is 18.2. The smallest absolute Gasteiger partial charge is 0.354 e. The summed E-state index contributed by atoms with van der Waals surface area (Å²) in [5.74, 6) is -0.828. The number of amides is 1. The van der Waals surface area contributed by atoms with Crippen molar-refractivity contribution in [3.05, 3.63) is 57.9 Å². The van der Waals surface area contributed by atoms with Gasteiger partial charge in [0.15, 0.2) is 5.78 Å². The standard InChI is InChI=1S/C23H30N2O4/c1-7-17-10-12-18(13-11-17)22(27)24(8-2)14-19(26)20-15(4)21(23(28)29-6)25(9-3)16(20)5/h10-13H,7-9,14H2,1-6H3. The average molecular weight is 399 g/mol. The van der Waals surface area contributed by atoms with Gasteiger partial charge in [-0.3, -0.25) is 9.59 Å². The van der Waals surface area contributed by atoms with Crippen LogP contribution in [0.15, 0.2) is 24.3 Å². The summed E-state index contributed by atoms with van der Waals surface area (Å²) in [6.45, 7) is 10.3. The number of Topliss-reactive ketones (excluding diaryl/α,β-unsaturated/α-hetero) is 1. The second-order valence-corrected chi connectivity index (χ2v) is 6.96. The predicted octanol–water partition coefficient (Wildman–Crippen LogP) is 3.82. The lowest BCUT2D eigenvalue weighted by atomic mass is 10.0. The molecule has 0 unspecified atom stereocenters. The van der Waals surface area contributed by atoms with Crippen LogP contribution in [0, 0.1) is 13.8 Å². The summed E-state index contributed by atoms with van der Waals surface area (Å²) in [4.78, 5) is 39.8. The summed E-state index contributed by atoms with van der Waals surface area (Å²) in [6, 6.07) is 7.46. The fraction of sp³-hybridized carbons (Fsp3) is 0.435. The molecular formula is C23H30N2O4. The van der Waals surface area contributed by atoms with Gasteiger partial charge in [-0.05, 0) is 57.4 Å². The van der Waals surface area contributed by atoms with E-state index in [1.165, 1.54) is 12.0 Å². The van der Waals surface area contributed by atoms with Crippen molar-refractivity contribution >= 4 is 17.7 Å². The minimum atomic E-state index is -0.467. The first-order valence-corrected chi connectivity index (χ1v) is 9.99. The molecule has 2 rings (SSSR count). The normalized spacial score (nSPS) is 10.7. The zero-order chi connectivity index (χ0) is 21.7. The largest absolute Gasteiger partial charge is 0.464 e. The van der Waals surface area contributed by atoms with E-state index in [0.717, 1.165) is 12.0 Å². The number of carbonyl (C=O) groups excluding carboxylic acids is 3. The highest BCUT2D eigenvalue weighted by molar-refractivity contribution is 6.06. The third-order valence-electron chi connectivity index (χ3n) is 5.35. The minimum Gasteiger partial charge on any atom is -0.464 e. The van der Waals surface area contributed by atoms with Crippen molar-refractivity contribution in [2.24, 2.45) is 0 Å². The van der Waals surface area contributed by atoms with Crippen LogP contribution in [0.5, 0.6) is 0 Å². The Hall–Kier alpha value is -2.89. The van der Waals surface area contributed by atoms with E-state index in [4.69, 9.17) is 4.74 Å². The van der Waals surface area contributed by atoms with Crippen LogP contribution in [0.1, 0.15) is 68.8 Å². The Balaban J connectivity index is 2.33. The number of ether oxygens (including phenoxy) is 1. The summed E-state index contributed by atoms with van der Waals surface area (Å²) >= 11 is 0. The summed E-state index contributed by atoms with van der Waals surface area (Å²) < 4.78 is 6.68. The maximum Gasteiger partial charge on any atom is 0.354 e.